The van der Waals surface area contributed by atoms with Gasteiger partial charge in [0.05, 0.1) is 34.4 Å². The summed E-state index contributed by atoms with van der Waals surface area (Å²) in [6.07, 6.45) is 41.5. The van der Waals surface area contributed by atoms with Crippen molar-refractivity contribution >= 4 is 13.8 Å². The van der Waals surface area contributed by atoms with Crippen LogP contribution < -0.4 is 4.89 Å². The summed E-state index contributed by atoms with van der Waals surface area (Å²) in [5.41, 5.74) is 0. The zero-order valence-electron chi connectivity index (χ0n) is 34.5. The number of hydrogen-bond acceptors (Lipinski definition) is 7. The molecule has 0 spiro atoms. The summed E-state index contributed by atoms with van der Waals surface area (Å²) in [6, 6.07) is 0. The largest absolute Gasteiger partial charge is 0.756 e. The topological polar surface area (TPSA) is 94.1 Å². The molecule has 0 aromatic heterocycles. The van der Waals surface area contributed by atoms with Gasteiger partial charge >= 0.3 is 5.97 Å². The van der Waals surface area contributed by atoms with Crippen LogP contribution in [-0.2, 0) is 27.9 Å². The van der Waals surface area contributed by atoms with E-state index in [4.69, 9.17) is 18.5 Å². The Morgan fingerprint density at radius 3 is 1.62 bits per heavy atom. The van der Waals surface area contributed by atoms with Crippen LogP contribution in [0.3, 0.4) is 0 Å². The first kappa shape index (κ1) is 50.7. The van der Waals surface area contributed by atoms with E-state index in [0.717, 1.165) is 57.8 Å². The van der Waals surface area contributed by atoms with Crippen molar-refractivity contribution in [3.8, 4) is 0 Å². The Balaban J connectivity index is 4.29. The first-order valence-electron chi connectivity index (χ1n) is 21.2. The fourth-order valence-corrected chi connectivity index (χ4v) is 6.30. The predicted octanol–water partition coefficient (Wildman–Crippen LogP) is 11.6. The van der Waals surface area contributed by atoms with Crippen LogP contribution >= 0.6 is 7.82 Å². The van der Waals surface area contributed by atoms with Crippen molar-refractivity contribution in [3.05, 3.63) is 36.5 Å². The molecule has 0 amide bonds. The lowest BCUT2D eigenvalue weighted by molar-refractivity contribution is -0.870. The molecule has 0 fully saturated rings. The Labute approximate surface area is 321 Å². The molecule has 0 heterocycles. The van der Waals surface area contributed by atoms with Crippen LogP contribution in [0.1, 0.15) is 174 Å². The van der Waals surface area contributed by atoms with Gasteiger partial charge < -0.3 is 27.9 Å². The number of quaternary nitrogens is 1. The molecule has 0 bridgehead atoms. The van der Waals surface area contributed by atoms with E-state index in [9.17, 15) is 14.3 Å². The number of esters is 1. The highest BCUT2D eigenvalue weighted by Crippen LogP contribution is 2.38. The van der Waals surface area contributed by atoms with Gasteiger partial charge in [-0.1, -0.05) is 134 Å². The Bertz CT molecular complexity index is 931. The number of hydrogen-bond donors (Lipinski definition) is 0. The number of rotatable bonds is 39. The zero-order chi connectivity index (χ0) is 38.4. The quantitative estimate of drug-likeness (QED) is 0.0203. The highest BCUT2D eigenvalue weighted by Gasteiger charge is 2.20. The van der Waals surface area contributed by atoms with Gasteiger partial charge in [0.25, 0.3) is 7.82 Å². The number of phosphoric ester groups is 1. The molecule has 0 N–H and O–H groups in total. The van der Waals surface area contributed by atoms with Gasteiger partial charge in [0.15, 0.2) is 0 Å². The third kappa shape index (κ3) is 39.9. The van der Waals surface area contributed by atoms with Crippen molar-refractivity contribution in [2.75, 3.05) is 54.1 Å². The van der Waals surface area contributed by atoms with Crippen molar-refractivity contribution in [1.82, 2.24) is 0 Å². The van der Waals surface area contributed by atoms with Gasteiger partial charge in [-0.2, -0.15) is 0 Å². The lowest BCUT2D eigenvalue weighted by Gasteiger charge is -2.28. The SMILES string of the molecule is CCCCC/C=C\C/C=C\CCCCCCCC(=O)OC(COCCCCCCCC/C=C\CCCCCCC)COP(=O)([O-])OCC[N+](C)(C)C. The number of phosphoric acid groups is 1. The highest BCUT2D eigenvalue weighted by atomic mass is 31.2. The molecule has 0 aromatic carbocycles. The fraction of sp³-hybridized carbons (Fsp3) is 0.837. The number of allylic oxidation sites excluding steroid dienone is 6. The minimum absolute atomic E-state index is 0.0218. The third-order valence-corrected chi connectivity index (χ3v) is 9.88. The summed E-state index contributed by atoms with van der Waals surface area (Å²) < 4.78 is 34.5. The average molecular weight is 756 g/mol. The van der Waals surface area contributed by atoms with E-state index in [1.807, 2.05) is 21.1 Å². The van der Waals surface area contributed by atoms with Crippen molar-refractivity contribution in [2.24, 2.45) is 0 Å². The Kier molecular flexibility index (Phi) is 35.8. The first-order valence-corrected chi connectivity index (χ1v) is 22.7. The van der Waals surface area contributed by atoms with Crippen molar-refractivity contribution in [3.63, 3.8) is 0 Å². The predicted molar refractivity (Wildman–Crippen MR) is 217 cm³/mol. The molecular weight excluding hydrogens is 673 g/mol. The van der Waals surface area contributed by atoms with E-state index >= 15 is 0 Å². The molecule has 9 heteroatoms. The van der Waals surface area contributed by atoms with E-state index in [1.54, 1.807) is 0 Å². The Hall–Kier alpha value is -1.28. The number of nitrogens with zero attached hydrogens (tertiary/aromatic N) is 1. The second-order valence-corrected chi connectivity index (χ2v) is 16.8. The number of unbranched alkanes of at least 4 members (excludes halogenated alkanes) is 19. The van der Waals surface area contributed by atoms with E-state index in [-0.39, 0.29) is 25.8 Å². The Morgan fingerprint density at radius 2 is 1.06 bits per heavy atom. The third-order valence-electron chi connectivity index (χ3n) is 8.91. The minimum Gasteiger partial charge on any atom is -0.756 e. The van der Waals surface area contributed by atoms with Crippen LogP contribution in [0.15, 0.2) is 36.5 Å². The van der Waals surface area contributed by atoms with E-state index in [0.29, 0.717) is 24.1 Å². The second-order valence-electron chi connectivity index (χ2n) is 15.3. The lowest BCUT2D eigenvalue weighted by atomic mass is 10.1. The molecule has 2 atom stereocenters. The van der Waals surface area contributed by atoms with Crippen molar-refractivity contribution < 1.29 is 37.3 Å². The van der Waals surface area contributed by atoms with Gasteiger partial charge in [-0.15, -0.1) is 0 Å². The monoisotopic (exact) mass is 756 g/mol. The van der Waals surface area contributed by atoms with Gasteiger partial charge in [0.2, 0.25) is 0 Å². The van der Waals surface area contributed by atoms with Crippen LogP contribution in [0.25, 0.3) is 0 Å². The van der Waals surface area contributed by atoms with E-state index in [1.165, 1.54) is 96.3 Å². The van der Waals surface area contributed by atoms with Crippen LogP contribution in [0.2, 0.25) is 0 Å². The molecule has 0 radical (unpaired) electrons. The van der Waals surface area contributed by atoms with Crippen LogP contribution in [0, 0.1) is 0 Å². The molecule has 306 valence electrons. The van der Waals surface area contributed by atoms with Crippen LogP contribution in [-0.4, -0.2) is 70.7 Å². The van der Waals surface area contributed by atoms with E-state index in [2.05, 4.69) is 50.3 Å². The minimum atomic E-state index is -4.53. The van der Waals surface area contributed by atoms with Gasteiger partial charge in [-0.25, -0.2) is 0 Å². The normalized spacial score (nSPS) is 14.2. The molecule has 0 aliphatic heterocycles. The molecule has 8 nitrogen and oxygen atoms in total. The summed E-state index contributed by atoms with van der Waals surface area (Å²) in [5, 5.41) is 0. The maximum Gasteiger partial charge on any atom is 0.306 e. The van der Waals surface area contributed by atoms with Crippen molar-refractivity contribution in [1.29, 1.82) is 0 Å². The molecule has 0 saturated carbocycles. The molecular formula is C43H82NO7P. The number of likely N-dealkylation sites (N-methyl/N-ethyl adjacent to an activating group) is 1. The van der Waals surface area contributed by atoms with Crippen LogP contribution in [0.4, 0.5) is 0 Å². The van der Waals surface area contributed by atoms with Crippen LogP contribution in [0.5, 0.6) is 0 Å². The summed E-state index contributed by atoms with van der Waals surface area (Å²) in [7, 11) is 1.34. The zero-order valence-corrected chi connectivity index (χ0v) is 35.4. The second kappa shape index (κ2) is 36.7. The molecule has 0 aliphatic carbocycles. The van der Waals surface area contributed by atoms with Gasteiger partial charge in [-0.05, 0) is 70.6 Å². The fourth-order valence-electron chi connectivity index (χ4n) is 5.57. The highest BCUT2D eigenvalue weighted by molar-refractivity contribution is 7.45. The van der Waals surface area contributed by atoms with E-state index < -0.39 is 13.9 Å². The summed E-state index contributed by atoms with van der Waals surface area (Å²) >= 11 is 0. The van der Waals surface area contributed by atoms with Gasteiger partial charge in [0.1, 0.15) is 19.3 Å². The maximum atomic E-state index is 12.6. The summed E-state index contributed by atoms with van der Waals surface area (Å²) in [5.74, 6) is -0.351. The molecule has 0 rings (SSSR count). The maximum absolute atomic E-state index is 12.6. The summed E-state index contributed by atoms with van der Waals surface area (Å²) in [4.78, 5) is 25.0. The van der Waals surface area contributed by atoms with Gasteiger partial charge in [0, 0.05) is 13.0 Å². The molecule has 0 saturated heterocycles. The number of carbonyl (C=O) groups is 1. The Morgan fingerprint density at radius 1 is 0.596 bits per heavy atom. The number of carbonyl (C=O) groups excluding carboxylic acids is 1. The average Bonchev–Trinajstić information content (AvgIpc) is 3.09. The lowest BCUT2D eigenvalue weighted by Crippen LogP contribution is -2.37. The molecule has 52 heavy (non-hydrogen) atoms. The summed E-state index contributed by atoms with van der Waals surface area (Å²) in [6.45, 7) is 5.34. The first-order chi connectivity index (χ1) is 25.1. The van der Waals surface area contributed by atoms with Gasteiger partial charge in [-0.3, -0.25) is 9.36 Å². The molecule has 0 aromatic rings. The standard InChI is InChI=1S/C43H82NO7P/c1-6-8-10-12-14-16-18-20-22-24-26-28-30-32-34-36-43(45)51-42(41-50-52(46,47)49-39-37-44(3,4)5)40-48-38-35-33-31-29-27-25-23-21-19-17-15-13-11-9-7-2/h14,16,19-22,42H,6-13,15,17-18,23-41H2,1-5H3/b16-14-,21-19-,22-20-. The van der Waals surface area contributed by atoms with Crippen molar-refractivity contribution in [2.45, 2.75) is 180 Å². The smallest absolute Gasteiger partial charge is 0.306 e. The molecule has 2 unspecified atom stereocenters. The molecule has 0 aliphatic rings. The number of ether oxygens (including phenoxy) is 2.